The van der Waals surface area contributed by atoms with Crippen LogP contribution in [0.2, 0.25) is 0 Å². The van der Waals surface area contributed by atoms with Crippen molar-refractivity contribution in [1.29, 1.82) is 0 Å². The summed E-state index contributed by atoms with van der Waals surface area (Å²) in [6.45, 7) is 6.55. The molecular weight excluding hydrogens is 432 g/mol. The van der Waals surface area contributed by atoms with Gasteiger partial charge in [0.1, 0.15) is 29.6 Å². The first-order valence-corrected chi connectivity index (χ1v) is 11.2. The van der Waals surface area contributed by atoms with Crippen molar-refractivity contribution in [2.75, 3.05) is 20.8 Å². The van der Waals surface area contributed by atoms with Gasteiger partial charge in [0.25, 0.3) is 0 Å². The second-order valence-corrected chi connectivity index (χ2v) is 8.36. The number of rotatable bonds is 10. The summed E-state index contributed by atoms with van der Waals surface area (Å²) < 4.78 is 22.5. The first-order valence-electron chi connectivity index (χ1n) is 11.2. The molecule has 0 bridgehead atoms. The van der Waals surface area contributed by atoms with Crippen molar-refractivity contribution < 1.29 is 23.7 Å². The third kappa shape index (κ3) is 5.88. The van der Waals surface area contributed by atoms with Crippen molar-refractivity contribution >= 4 is 11.0 Å². The molecule has 2 aromatic carbocycles. The van der Waals surface area contributed by atoms with Crippen LogP contribution in [0.25, 0.3) is 22.1 Å². The molecule has 3 aromatic rings. The number of aliphatic hydroxyl groups is 1. The van der Waals surface area contributed by atoms with Crippen LogP contribution in [0, 0.1) is 0 Å². The van der Waals surface area contributed by atoms with E-state index in [2.05, 4.69) is 32.9 Å². The van der Waals surface area contributed by atoms with Gasteiger partial charge in [0.05, 0.1) is 26.4 Å². The smallest absolute Gasteiger partial charge is 0.204 e. The molecule has 0 radical (unpaired) electrons. The molecule has 0 saturated carbocycles. The normalized spacial score (nSPS) is 11.4. The second kappa shape index (κ2) is 11.6. The Morgan fingerprint density at radius 2 is 1.76 bits per heavy atom. The first-order chi connectivity index (χ1) is 16.4. The first kappa shape index (κ1) is 25.1. The van der Waals surface area contributed by atoms with Crippen LogP contribution in [0.4, 0.5) is 0 Å². The molecule has 6 heteroatoms. The van der Waals surface area contributed by atoms with Crippen LogP contribution in [-0.2, 0) is 6.61 Å². The van der Waals surface area contributed by atoms with E-state index < -0.39 is 0 Å². The Balaban J connectivity index is 1.86. The number of ether oxygens (including phenoxy) is 3. The summed E-state index contributed by atoms with van der Waals surface area (Å²) in [6, 6.07) is 8.62. The fourth-order valence-electron chi connectivity index (χ4n) is 3.64. The maximum absolute atomic E-state index is 13.3. The zero-order chi connectivity index (χ0) is 24.7. The molecule has 0 atom stereocenters. The highest BCUT2D eigenvalue weighted by Crippen LogP contribution is 2.33. The Bertz CT molecular complexity index is 1260. The molecule has 34 heavy (non-hydrogen) atoms. The van der Waals surface area contributed by atoms with Gasteiger partial charge < -0.3 is 23.7 Å². The highest BCUT2D eigenvalue weighted by atomic mass is 16.5. The molecule has 0 aliphatic carbocycles. The lowest BCUT2D eigenvalue weighted by Crippen LogP contribution is -2.07. The zero-order valence-corrected chi connectivity index (χ0v) is 20.4. The summed E-state index contributed by atoms with van der Waals surface area (Å²) in [5, 5.41) is 9.77. The molecule has 0 aliphatic rings. The van der Waals surface area contributed by atoms with Crippen LogP contribution < -0.4 is 19.6 Å². The summed E-state index contributed by atoms with van der Waals surface area (Å²) in [4.78, 5) is 13.3. The maximum Gasteiger partial charge on any atom is 0.204 e. The van der Waals surface area contributed by atoms with E-state index in [4.69, 9.17) is 18.6 Å². The molecule has 0 aliphatic heterocycles. The highest BCUT2D eigenvalue weighted by molar-refractivity contribution is 5.88. The van der Waals surface area contributed by atoms with Crippen molar-refractivity contribution in [1.82, 2.24) is 0 Å². The quantitative estimate of drug-likeness (QED) is 0.369. The minimum Gasteiger partial charge on any atom is -0.496 e. The largest absolute Gasteiger partial charge is 0.496 e. The van der Waals surface area contributed by atoms with Crippen molar-refractivity contribution in [2.45, 2.75) is 40.2 Å². The molecular formula is C28H32O6. The summed E-state index contributed by atoms with van der Waals surface area (Å²) >= 11 is 0. The summed E-state index contributed by atoms with van der Waals surface area (Å²) in [5.41, 5.74) is 4.33. The number of allylic oxidation sites excluding steroid dienone is 3. The lowest BCUT2D eigenvalue weighted by Gasteiger charge is -2.12. The van der Waals surface area contributed by atoms with Crippen LogP contribution in [0.15, 0.2) is 69.1 Å². The zero-order valence-electron chi connectivity index (χ0n) is 20.4. The van der Waals surface area contributed by atoms with Gasteiger partial charge in [0.2, 0.25) is 5.43 Å². The minimum absolute atomic E-state index is 0.180. The SMILES string of the molecule is COc1cc(-c2coc3cc(CO)cc(OC)c3c2=O)ccc1OC/C=C(\C)CCC=C(C)C. The van der Waals surface area contributed by atoms with Crippen LogP contribution >= 0.6 is 0 Å². The summed E-state index contributed by atoms with van der Waals surface area (Å²) in [6.07, 6.45) is 7.72. The topological polar surface area (TPSA) is 78.1 Å². The summed E-state index contributed by atoms with van der Waals surface area (Å²) in [5.74, 6) is 1.47. The molecule has 6 nitrogen and oxygen atoms in total. The number of fused-ring (bicyclic) bond motifs is 1. The van der Waals surface area contributed by atoms with E-state index in [1.165, 1.54) is 24.5 Å². The predicted molar refractivity (Wildman–Crippen MR) is 135 cm³/mol. The Hall–Kier alpha value is -3.51. The number of benzene rings is 2. The van der Waals surface area contributed by atoms with Crippen LogP contribution in [-0.4, -0.2) is 25.9 Å². The van der Waals surface area contributed by atoms with Gasteiger partial charge in [0, 0.05) is 0 Å². The van der Waals surface area contributed by atoms with E-state index in [1.54, 1.807) is 37.4 Å². The van der Waals surface area contributed by atoms with Crippen molar-refractivity contribution in [3.8, 4) is 28.4 Å². The third-order valence-corrected chi connectivity index (χ3v) is 5.54. The van der Waals surface area contributed by atoms with E-state index >= 15 is 0 Å². The Morgan fingerprint density at radius 1 is 1.00 bits per heavy atom. The van der Waals surface area contributed by atoms with Crippen LogP contribution in [0.3, 0.4) is 0 Å². The second-order valence-electron chi connectivity index (χ2n) is 8.36. The van der Waals surface area contributed by atoms with Gasteiger partial charge in [-0.1, -0.05) is 23.3 Å². The van der Waals surface area contributed by atoms with E-state index in [0.717, 1.165) is 12.8 Å². The number of methoxy groups -OCH3 is 2. The molecule has 0 saturated heterocycles. The molecule has 180 valence electrons. The average Bonchev–Trinajstić information content (AvgIpc) is 2.83. The van der Waals surface area contributed by atoms with E-state index in [-0.39, 0.29) is 12.0 Å². The minimum atomic E-state index is -0.228. The lowest BCUT2D eigenvalue weighted by molar-refractivity contribution is 0.281. The van der Waals surface area contributed by atoms with Crippen LogP contribution in [0.1, 0.15) is 39.2 Å². The van der Waals surface area contributed by atoms with Gasteiger partial charge in [0.15, 0.2) is 11.5 Å². The Kier molecular flexibility index (Phi) is 8.55. The van der Waals surface area contributed by atoms with Gasteiger partial charge in [-0.15, -0.1) is 0 Å². The van der Waals surface area contributed by atoms with Crippen LogP contribution in [0.5, 0.6) is 17.2 Å². The molecule has 0 unspecified atom stereocenters. The van der Waals surface area contributed by atoms with Gasteiger partial charge in [-0.3, -0.25) is 4.79 Å². The lowest BCUT2D eigenvalue weighted by atomic mass is 10.0. The number of hydrogen-bond acceptors (Lipinski definition) is 6. The molecule has 1 heterocycles. The molecule has 1 aromatic heterocycles. The van der Waals surface area contributed by atoms with Crippen molar-refractivity contribution in [2.24, 2.45) is 0 Å². The molecule has 0 fully saturated rings. The molecule has 0 amide bonds. The maximum atomic E-state index is 13.3. The molecule has 0 spiro atoms. The van der Waals surface area contributed by atoms with E-state index in [0.29, 0.717) is 51.5 Å². The van der Waals surface area contributed by atoms with Gasteiger partial charge >= 0.3 is 0 Å². The van der Waals surface area contributed by atoms with Crippen molar-refractivity contribution in [3.63, 3.8) is 0 Å². The third-order valence-electron chi connectivity index (χ3n) is 5.54. The fraction of sp³-hybridized carbons (Fsp3) is 0.321. The predicted octanol–water partition coefficient (Wildman–Crippen LogP) is 6.04. The van der Waals surface area contributed by atoms with Gasteiger partial charge in [-0.05, 0) is 75.1 Å². The molecule has 1 N–H and O–H groups in total. The van der Waals surface area contributed by atoms with Crippen molar-refractivity contribution in [3.05, 3.63) is 75.7 Å². The van der Waals surface area contributed by atoms with E-state index in [9.17, 15) is 9.90 Å². The summed E-state index contributed by atoms with van der Waals surface area (Å²) in [7, 11) is 3.05. The number of aliphatic hydroxyl groups excluding tert-OH is 1. The standard InChI is InChI=1S/C28H32O6/c1-18(2)7-6-8-19(3)11-12-33-23-10-9-21(15-24(23)31-4)22-17-34-26-14-20(16-29)13-25(32-5)27(26)28(22)30/h7,9-11,13-15,17,29H,6,8,12,16H2,1-5H3/b19-11+. The van der Waals surface area contributed by atoms with Gasteiger partial charge in [-0.2, -0.15) is 0 Å². The Morgan fingerprint density at radius 3 is 2.44 bits per heavy atom. The number of hydrogen-bond donors (Lipinski definition) is 1. The molecule has 3 rings (SSSR count). The average molecular weight is 465 g/mol. The van der Waals surface area contributed by atoms with E-state index in [1.807, 2.05) is 0 Å². The highest BCUT2D eigenvalue weighted by Gasteiger charge is 2.16. The Labute approximate surface area is 200 Å². The fourth-order valence-corrected chi connectivity index (χ4v) is 3.64. The van der Waals surface area contributed by atoms with Gasteiger partial charge in [-0.25, -0.2) is 0 Å². The monoisotopic (exact) mass is 464 g/mol.